The zero-order valence-electron chi connectivity index (χ0n) is 24.3. The van der Waals surface area contributed by atoms with Crippen molar-refractivity contribution in [2.45, 2.75) is 65.1 Å². The molecule has 2 atom stereocenters. The number of ether oxygens (including phenoxy) is 1. The van der Waals surface area contributed by atoms with E-state index in [4.69, 9.17) is 16.3 Å². The summed E-state index contributed by atoms with van der Waals surface area (Å²) in [5, 5.41) is 15.7. The van der Waals surface area contributed by atoms with Crippen molar-refractivity contribution >= 4 is 35.2 Å². The van der Waals surface area contributed by atoms with Crippen LogP contribution < -0.4 is 10.6 Å². The van der Waals surface area contributed by atoms with Gasteiger partial charge in [-0.05, 0) is 74.6 Å². The minimum Gasteiger partial charge on any atom is -0.508 e. The summed E-state index contributed by atoms with van der Waals surface area (Å²) < 4.78 is 5.42. The number of carbonyl (C=O) groups excluding carboxylic acids is 3. The second-order valence-electron chi connectivity index (χ2n) is 10.9. The molecule has 0 aliphatic rings. The first kappa shape index (κ1) is 31.5. The van der Waals surface area contributed by atoms with Gasteiger partial charge in [-0.2, -0.15) is 0 Å². The number of amides is 3. The Morgan fingerprint density at radius 1 is 0.976 bits per heavy atom. The molecule has 0 aliphatic carbocycles. The molecule has 2 unspecified atom stereocenters. The van der Waals surface area contributed by atoms with E-state index in [0.29, 0.717) is 21.8 Å². The van der Waals surface area contributed by atoms with E-state index in [1.165, 1.54) is 24.1 Å². The van der Waals surface area contributed by atoms with Gasteiger partial charge in [0.1, 0.15) is 23.4 Å². The Morgan fingerprint density at radius 3 is 2.15 bits per heavy atom. The number of carbonyl (C=O) groups is 3. The number of alkyl carbamates (subject to hydrolysis) is 1. The molecule has 41 heavy (non-hydrogen) atoms. The number of nitrogens with one attached hydrogen (secondary N) is 2. The number of anilines is 1. The molecule has 0 fully saturated rings. The summed E-state index contributed by atoms with van der Waals surface area (Å²) in [5.74, 6) is -0.877. The highest BCUT2D eigenvalue weighted by Gasteiger charge is 2.34. The van der Waals surface area contributed by atoms with Gasteiger partial charge in [-0.3, -0.25) is 9.59 Å². The van der Waals surface area contributed by atoms with Crippen LogP contribution in [0.15, 0.2) is 66.7 Å². The highest BCUT2D eigenvalue weighted by molar-refractivity contribution is 6.34. The number of aromatic hydroxyl groups is 1. The molecule has 3 aromatic rings. The van der Waals surface area contributed by atoms with Crippen LogP contribution in [0.2, 0.25) is 5.02 Å². The summed E-state index contributed by atoms with van der Waals surface area (Å²) in [5.41, 5.74) is 2.84. The number of para-hydroxylation sites is 1. The summed E-state index contributed by atoms with van der Waals surface area (Å²) in [7, 11) is 1.53. The molecule has 3 N–H and O–H groups in total. The first-order valence-electron chi connectivity index (χ1n) is 13.5. The van der Waals surface area contributed by atoms with E-state index in [1.807, 2.05) is 44.2 Å². The summed E-state index contributed by atoms with van der Waals surface area (Å²) in [6.07, 6.45) is 0.164. The number of phenols is 1. The number of hydrogen-bond donors (Lipinski definition) is 3. The summed E-state index contributed by atoms with van der Waals surface area (Å²) in [6, 6.07) is 17.0. The van der Waals surface area contributed by atoms with Crippen LogP contribution in [0, 0.1) is 6.92 Å². The van der Waals surface area contributed by atoms with Crippen LogP contribution in [0.4, 0.5) is 10.5 Å². The summed E-state index contributed by atoms with van der Waals surface area (Å²) >= 11 is 6.39. The van der Waals surface area contributed by atoms with E-state index in [-0.39, 0.29) is 12.2 Å². The van der Waals surface area contributed by atoms with Crippen LogP contribution in [0.1, 0.15) is 56.0 Å². The lowest BCUT2D eigenvalue weighted by atomic mass is 9.99. The van der Waals surface area contributed by atoms with Gasteiger partial charge in [0, 0.05) is 13.5 Å². The van der Waals surface area contributed by atoms with Gasteiger partial charge in [0.15, 0.2) is 0 Å². The first-order valence-corrected chi connectivity index (χ1v) is 13.9. The zero-order valence-corrected chi connectivity index (χ0v) is 25.1. The molecule has 8 nitrogen and oxygen atoms in total. The second-order valence-corrected chi connectivity index (χ2v) is 11.3. The number of aryl methyl sites for hydroxylation is 2. The van der Waals surface area contributed by atoms with E-state index in [0.717, 1.165) is 17.5 Å². The molecule has 218 valence electrons. The van der Waals surface area contributed by atoms with E-state index in [9.17, 15) is 19.5 Å². The predicted octanol–water partition coefficient (Wildman–Crippen LogP) is 6.19. The number of benzene rings is 3. The molecule has 0 spiro atoms. The smallest absolute Gasteiger partial charge is 0.408 e. The fourth-order valence-corrected chi connectivity index (χ4v) is 4.63. The van der Waals surface area contributed by atoms with Gasteiger partial charge in [0.05, 0.1) is 10.7 Å². The Balaban J connectivity index is 1.99. The average Bonchev–Trinajstić information content (AvgIpc) is 2.90. The van der Waals surface area contributed by atoms with Gasteiger partial charge < -0.3 is 25.4 Å². The lowest BCUT2D eigenvalue weighted by molar-refractivity contribution is -0.139. The SMILES string of the molecule is CCc1ccc(C(C(=O)Nc2c(C)cccc2Cl)N(C)C(=O)C(Cc2ccc(O)cc2)NC(=O)OC(C)(C)C)cc1. The van der Waals surface area contributed by atoms with Crippen LogP contribution in [0.25, 0.3) is 0 Å². The standard InChI is InChI=1S/C32H38ClN3O5/c1-7-21-11-15-23(16-12-21)28(29(38)35-27-20(2)9-8-10-25(27)33)36(6)30(39)26(34-31(40)41-32(3,4)5)19-22-13-17-24(37)18-14-22/h8-18,26,28,37H,7,19H2,1-6H3,(H,34,40)(H,35,38). The molecule has 0 saturated heterocycles. The first-order chi connectivity index (χ1) is 19.3. The summed E-state index contributed by atoms with van der Waals surface area (Å²) in [4.78, 5) is 42.0. The number of hydrogen-bond acceptors (Lipinski definition) is 5. The van der Waals surface area contributed by atoms with Crippen molar-refractivity contribution in [2.24, 2.45) is 0 Å². The van der Waals surface area contributed by atoms with Crippen LogP contribution >= 0.6 is 11.6 Å². The number of phenolic OH excluding ortho intramolecular Hbond substituents is 1. The fraction of sp³-hybridized carbons (Fsp3) is 0.344. The Bertz CT molecular complexity index is 1350. The van der Waals surface area contributed by atoms with Crippen LogP contribution in [-0.2, 0) is 27.2 Å². The molecule has 3 rings (SSSR count). The minimum atomic E-state index is -1.06. The molecule has 0 bridgehead atoms. The largest absolute Gasteiger partial charge is 0.508 e. The van der Waals surface area contributed by atoms with Gasteiger partial charge in [-0.25, -0.2) is 4.79 Å². The molecular formula is C32H38ClN3O5. The number of rotatable bonds is 9. The van der Waals surface area contributed by atoms with Gasteiger partial charge >= 0.3 is 6.09 Å². The molecule has 0 heterocycles. The minimum absolute atomic E-state index is 0.0796. The van der Waals surface area contributed by atoms with Crippen LogP contribution in [-0.4, -0.2) is 46.6 Å². The molecule has 9 heteroatoms. The lowest BCUT2D eigenvalue weighted by Crippen LogP contribution is -2.52. The zero-order chi connectivity index (χ0) is 30.3. The summed E-state index contributed by atoms with van der Waals surface area (Å²) in [6.45, 7) is 9.05. The van der Waals surface area contributed by atoms with Crippen molar-refractivity contribution in [2.75, 3.05) is 12.4 Å². The highest BCUT2D eigenvalue weighted by atomic mass is 35.5. The Morgan fingerprint density at radius 2 is 1.59 bits per heavy atom. The maximum atomic E-state index is 14.0. The molecular weight excluding hydrogens is 542 g/mol. The van der Waals surface area contributed by atoms with Gasteiger partial charge in [0.25, 0.3) is 5.91 Å². The van der Waals surface area contributed by atoms with E-state index < -0.39 is 35.6 Å². The molecule has 3 amide bonds. The molecule has 0 saturated carbocycles. The fourth-order valence-electron chi connectivity index (χ4n) is 4.36. The lowest BCUT2D eigenvalue weighted by Gasteiger charge is -2.32. The van der Waals surface area contributed by atoms with Crippen LogP contribution in [0.5, 0.6) is 5.75 Å². The molecule has 0 aliphatic heterocycles. The quantitative estimate of drug-likeness (QED) is 0.280. The second kappa shape index (κ2) is 13.5. The maximum Gasteiger partial charge on any atom is 0.408 e. The number of likely N-dealkylation sites (N-methyl/N-ethyl adjacent to an activating group) is 1. The van der Waals surface area contributed by atoms with Crippen molar-refractivity contribution < 1.29 is 24.2 Å². The third kappa shape index (κ3) is 8.72. The van der Waals surface area contributed by atoms with Crippen molar-refractivity contribution in [1.82, 2.24) is 10.2 Å². The van der Waals surface area contributed by atoms with Crippen LogP contribution in [0.3, 0.4) is 0 Å². The van der Waals surface area contributed by atoms with E-state index in [2.05, 4.69) is 10.6 Å². The Hall–Kier alpha value is -4.04. The van der Waals surface area contributed by atoms with Crippen molar-refractivity contribution in [3.8, 4) is 5.75 Å². The van der Waals surface area contributed by atoms with E-state index in [1.54, 1.807) is 45.0 Å². The van der Waals surface area contributed by atoms with E-state index >= 15 is 0 Å². The molecule has 0 aromatic heterocycles. The van der Waals surface area contributed by atoms with Gasteiger partial charge in [0.2, 0.25) is 5.91 Å². The van der Waals surface area contributed by atoms with Crippen molar-refractivity contribution in [3.63, 3.8) is 0 Å². The van der Waals surface area contributed by atoms with Crippen molar-refractivity contribution in [3.05, 3.63) is 94.0 Å². The normalized spacial score (nSPS) is 12.7. The average molecular weight is 580 g/mol. The number of halogens is 1. The Kier molecular flexibility index (Phi) is 10.4. The third-order valence-electron chi connectivity index (χ3n) is 6.52. The Labute approximate surface area is 246 Å². The molecule has 3 aromatic carbocycles. The molecule has 0 radical (unpaired) electrons. The predicted molar refractivity (Wildman–Crippen MR) is 161 cm³/mol. The van der Waals surface area contributed by atoms with Gasteiger partial charge in [-0.1, -0.05) is 67.1 Å². The van der Waals surface area contributed by atoms with Crippen molar-refractivity contribution in [1.29, 1.82) is 0 Å². The van der Waals surface area contributed by atoms with Gasteiger partial charge in [-0.15, -0.1) is 0 Å². The maximum absolute atomic E-state index is 14.0. The monoisotopic (exact) mass is 579 g/mol. The topological polar surface area (TPSA) is 108 Å². The highest BCUT2D eigenvalue weighted by Crippen LogP contribution is 2.29. The third-order valence-corrected chi connectivity index (χ3v) is 6.84. The number of nitrogens with zero attached hydrogens (tertiary/aromatic N) is 1.